The summed E-state index contributed by atoms with van der Waals surface area (Å²) < 4.78 is 39.4. The molecule has 1 atom stereocenters. The Morgan fingerprint density at radius 2 is 1.88 bits per heavy atom. The molecule has 0 aliphatic rings. The van der Waals surface area contributed by atoms with Gasteiger partial charge in [0, 0.05) is 0 Å². The van der Waals surface area contributed by atoms with Crippen molar-refractivity contribution >= 4 is 17.8 Å². The van der Waals surface area contributed by atoms with Crippen molar-refractivity contribution in [3.63, 3.8) is 0 Å². The molecule has 2 N–H and O–H groups in total. The highest BCUT2D eigenvalue weighted by Gasteiger charge is 2.41. The maximum atomic E-state index is 11.8. The van der Waals surface area contributed by atoms with Gasteiger partial charge >= 0.3 is 24.0 Å². The highest BCUT2D eigenvalue weighted by Crippen LogP contribution is 2.14. The number of amides is 1. The molecule has 0 bridgehead atoms. The van der Waals surface area contributed by atoms with Crippen LogP contribution in [0.2, 0.25) is 0 Å². The topological polar surface area (TPSA) is 92.7 Å². The number of aliphatic carboxylic acids is 1. The highest BCUT2D eigenvalue weighted by atomic mass is 19.4. The minimum absolute atomic E-state index is 0.881. The van der Waals surface area contributed by atoms with E-state index in [1.54, 1.807) is 0 Å². The average Bonchev–Trinajstić information content (AvgIpc) is 2.14. The second kappa shape index (κ2) is 5.33. The Kier molecular flexibility index (Phi) is 4.73. The molecule has 0 aliphatic carbocycles. The van der Waals surface area contributed by atoms with Gasteiger partial charge in [-0.15, -0.1) is 0 Å². The predicted molar refractivity (Wildman–Crippen MR) is 42.3 cm³/mol. The summed E-state index contributed by atoms with van der Waals surface area (Å²) in [5.41, 5.74) is 0. The van der Waals surface area contributed by atoms with Gasteiger partial charge < -0.3 is 15.2 Å². The number of carboxylic acids is 1. The Balaban J connectivity index is 4.53. The van der Waals surface area contributed by atoms with Crippen molar-refractivity contribution < 1.29 is 37.4 Å². The van der Waals surface area contributed by atoms with Crippen molar-refractivity contribution in [1.29, 1.82) is 0 Å². The van der Waals surface area contributed by atoms with Gasteiger partial charge in [-0.3, -0.25) is 9.59 Å². The number of hydrogen-bond acceptors (Lipinski definition) is 4. The number of alkyl halides is 3. The molecule has 1 amide bonds. The number of rotatable bonds is 4. The lowest BCUT2D eigenvalue weighted by Gasteiger charge is -2.14. The Labute approximate surface area is 87.4 Å². The van der Waals surface area contributed by atoms with Crippen LogP contribution in [0.25, 0.3) is 0 Å². The standard InChI is InChI=1S/C7H8F3NO5/c1-16-4(12)2-3(5(13)14)11-6(15)7(8,9)10/h3H,2H2,1H3,(H,11,15)(H,13,14). The first kappa shape index (κ1) is 14.2. The van der Waals surface area contributed by atoms with Gasteiger partial charge in [-0.2, -0.15) is 13.2 Å². The van der Waals surface area contributed by atoms with Crippen LogP contribution in [0, 0.1) is 0 Å². The zero-order valence-electron chi connectivity index (χ0n) is 8.00. The molecule has 0 aromatic heterocycles. The third kappa shape index (κ3) is 4.62. The summed E-state index contributed by atoms with van der Waals surface area (Å²) in [5, 5.41) is 9.60. The van der Waals surface area contributed by atoms with Crippen molar-refractivity contribution in [3.8, 4) is 0 Å². The summed E-state index contributed by atoms with van der Waals surface area (Å²) in [6, 6.07) is -1.97. The largest absolute Gasteiger partial charge is 0.480 e. The number of esters is 1. The van der Waals surface area contributed by atoms with Crippen molar-refractivity contribution in [2.45, 2.75) is 18.6 Å². The summed E-state index contributed by atoms with van der Waals surface area (Å²) in [6.07, 6.45) is -6.09. The van der Waals surface area contributed by atoms with E-state index in [4.69, 9.17) is 5.11 Å². The molecule has 92 valence electrons. The molecule has 0 aromatic rings. The third-order valence-corrected chi connectivity index (χ3v) is 1.46. The van der Waals surface area contributed by atoms with E-state index in [9.17, 15) is 27.6 Å². The molecule has 0 spiro atoms. The summed E-state index contributed by atoms with van der Waals surface area (Å²) >= 11 is 0. The number of nitrogens with one attached hydrogen (secondary N) is 1. The van der Waals surface area contributed by atoms with E-state index in [2.05, 4.69) is 4.74 Å². The van der Waals surface area contributed by atoms with Crippen LogP contribution in [0.15, 0.2) is 0 Å². The number of methoxy groups -OCH3 is 1. The van der Waals surface area contributed by atoms with E-state index in [1.807, 2.05) is 0 Å². The summed E-state index contributed by atoms with van der Waals surface area (Å²) in [7, 11) is 0.937. The number of carbonyl (C=O) groups excluding carboxylic acids is 2. The molecule has 0 heterocycles. The van der Waals surface area contributed by atoms with Crippen LogP contribution in [0.5, 0.6) is 0 Å². The number of carbonyl (C=O) groups is 3. The van der Waals surface area contributed by atoms with E-state index in [1.165, 1.54) is 0 Å². The molecule has 9 heteroatoms. The minimum atomic E-state index is -5.20. The monoisotopic (exact) mass is 243 g/mol. The van der Waals surface area contributed by atoms with Crippen molar-refractivity contribution in [2.24, 2.45) is 0 Å². The quantitative estimate of drug-likeness (QED) is 0.660. The van der Waals surface area contributed by atoms with E-state index >= 15 is 0 Å². The Bertz CT molecular complexity index is 301. The van der Waals surface area contributed by atoms with Crippen LogP contribution in [-0.2, 0) is 19.1 Å². The molecule has 0 aliphatic heterocycles. The first-order valence-corrected chi connectivity index (χ1v) is 3.85. The van der Waals surface area contributed by atoms with E-state index in [0.29, 0.717) is 0 Å². The average molecular weight is 243 g/mol. The molecule has 0 saturated heterocycles. The summed E-state index contributed by atoms with van der Waals surface area (Å²) in [4.78, 5) is 31.5. The maximum Gasteiger partial charge on any atom is 0.471 e. The number of halogens is 3. The van der Waals surface area contributed by atoms with Crippen LogP contribution in [0.1, 0.15) is 6.42 Å². The van der Waals surface area contributed by atoms with Crippen LogP contribution in [-0.4, -0.2) is 42.3 Å². The van der Waals surface area contributed by atoms with Gasteiger partial charge in [-0.25, -0.2) is 4.79 Å². The maximum absolute atomic E-state index is 11.8. The number of carboxylic acid groups (broad SMARTS) is 1. The molecule has 0 fully saturated rings. The van der Waals surface area contributed by atoms with Gasteiger partial charge in [0.05, 0.1) is 13.5 Å². The SMILES string of the molecule is COC(=O)CC(NC(=O)C(F)(F)F)C(=O)O. The van der Waals surface area contributed by atoms with E-state index in [-0.39, 0.29) is 0 Å². The van der Waals surface area contributed by atoms with Gasteiger partial charge in [-0.1, -0.05) is 0 Å². The lowest BCUT2D eigenvalue weighted by molar-refractivity contribution is -0.175. The Morgan fingerprint density at radius 1 is 1.38 bits per heavy atom. The second-order valence-electron chi connectivity index (χ2n) is 2.64. The zero-order valence-corrected chi connectivity index (χ0v) is 8.00. The molecule has 0 rings (SSSR count). The highest BCUT2D eigenvalue weighted by molar-refractivity contribution is 5.89. The molecule has 16 heavy (non-hydrogen) atoms. The van der Waals surface area contributed by atoms with E-state index < -0.39 is 36.5 Å². The van der Waals surface area contributed by atoms with Crippen LogP contribution in [0.4, 0.5) is 13.2 Å². The fraction of sp³-hybridized carbons (Fsp3) is 0.571. The number of ether oxygens (including phenoxy) is 1. The second-order valence-corrected chi connectivity index (χ2v) is 2.64. The Morgan fingerprint density at radius 3 is 2.19 bits per heavy atom. The van der Waals surface area contributed by atoms with Crippen molar-refractivity contribution in [1.82, 2.24) is 5.32 Å². The molecule has 0 radical (unpaired) electrons. The van der Waals surface area contributed by atoms with Crippen molar-refractivity contribution in [3.05, 3.63) is 0 Å². The lowest BCUT2D eigenvalue weighted by Crippen LogP contribution is -2.47. The minimum Gasteiger partial charge on any atom is -0.480 e. The molecule has 6 nitrogen and oxygen atoms in total. The fourth-order valence-electron chi connectivity index (χ4n) is 0.690. The molecule has 1 unspecified atom stereocenters. The van der Waals surface area contributed by atoms with Crippen LogP contribution >= 0.6 is 0 Å². The fourth-order valence-corrected chi connectivity index (χ4v) is 0.690. The van der Waals surface area contributed by atoms with E-state index in [0.717, 1.165) is 12.4 Å². The molecule has 0 aromatic carbocycles. The summed E-state index contributed by atoms with van der Waals surface area (Å²) in [5.74, 6) is -5.23. The first-order valence-electron chi connectivity index (χ1n) is 3.85. The summed E-state index contributed by atoms with van der Waals surface area (Å²) in [6.45, 7) is 0. The van der Waals surface area contributed by atoms with Gasteiger partial charge in [0.15, 0.2) is 0 Å². The van der Waals surface area contributed by atoms with Crippen LogP contribution in [0.3, 0.4) is 0 Å². The number of hydrogen-bond donors (Lipinski definition) is 2. The van der Waals surface area contributed by atoms with Gasteiger partial charge in [-0.05, 0) is 0 Å². The van der Waals surface area contributed by atoms with Gasteiger partial charge in [0.1, 0.15) is 6.04 Å². The zero-order chi connectivity index (χ0) is 12.9. The van der Waals surface area contributed by atoms with Gasteiger partial charge in [0.25, 0.3) is 0 Å². The Hall–Kier alpha value is -1.80. The normalized spacial score (nSPS) is 12.8. The molecular formula is C7H8F3NO5. The first-order chi connectivity index (χ1) is 7.18. The van der Waals surface area contributed by atoms with Gasteiger partial charge in [0.2, 0.25) is 0 Å². The molecule has 0 saturated carbocycles. The van der Waals surface area contributed by atoms with Crippen molar-refractivity contribution in [2.75, 3.05) is 7.11 Å². The predicted octanol–water partition coefficient (Wildman–Crippen LogP) is -0.319. The lowest BCUT2D eigenvalue weighted by atomic mass is 10.2. The van der Waals surface area contributed by atoms with Crippen LogP contribution < -0.4 is 5.32 Å². The third-order valence-electron chi connectivity index (χ3n) is 1.46. The molecular weight excluding hydrogens is 235 g/mol. The smallest absolute Gasteiger partial charge is 0.471 e.